The topological polar surface area (TPSA) is 0 Å². The molecule has 0 amide bonds. The molecule has 82 valence electrons. The number of fused-ring (bicyclic) bond motifs is 1. The lowest BCUT2D eigenvalue weighted by Gasteiger charge is -2.02. The van der Waals surface area contributed by atoms with E-state index >= 15 is 0 Å². The van der Waals surface area contributed by atoms with Gasteiger partial charge in [0.05, 0.1) is 0 Å². The summed E-state index contributed by atoms with van der Waals surface area (Å²) in [7, 11) is 0. The third kappa shape index (κ3) is 1.94. The summed E-state index contributed by atoms with van der Waals surface area (Å²) < 4.78 is 1.35. The van der Waals surface area contributed by atoms with Crippen molar-refractivity contribution in [1.82, 2.24) is 0 Å². The first-order valence-corrected chi connectivity index (χ1v) is 6.54. The highest BCUT2D eigenvalue weighted by molar-refractivity contribution is 7.18. The number of benzene rings is 2. The number of rotatable bonds is 1. The Morgan fingerprint density at radius 2 is 1.53 bits per heavy atom. The predicted octanol–water partition coefficient (Wildman–Crippen LogP) is 5.16. The second-order valence-corrected chi connectivity index (χ2v) is 5.42. The Labute approximate surface area is 105 Å². The zero-order valence-corrected chi connectivity index (χ0v) is 10.5. The standard InChI is InChI=1S/C16H13S/c1-12-11-15(13-7-3-2-4-8-13)14-9-5-6-10-16(14)17-12/h2-11H,1H3/q+1. The molecule has 3 rings (SSSR count). The van der Waals surface area contributed by atoms with Crippen LogP contribution in [0.25, 0.3) is 21.2 Å². The van der Waals surface area contributed by atoms with Crippen LogP contribution in [0.15, 0.2) is 60.7 Å². The number of hydrogen-bond acceptors (Lipinski definition) is 0. The van der Waals surface area contributed by atoms with E-state index in [4.69, 9.17) is 0 Å². The van der Waals surface area contributed by atoms with E-state index in [-0.39, 0.29) is 0 Å². The largest absolute Gasteiger partial charge is 0.238 e. The molecule has 2 aromatic carbocycles. The van der Waals surface area contributed by atoms with Crippen molar-refractivity contribution in [1.29, 1.82) is 0 Å². The van der Waals surface area contributed by atoms with Gasteiger partial charge in [0.1, 0.15) is 0 Å². The molecule has 0 N–H and O–H groups in total. The van der Waals surface area contributed by atoms with Crippen molar-refractivity contribution in [2.45, 2.75) is 6.92 Å². The summed E-state index contributed by atoms with van der Waals surface area (Å²) in [5.41, 5.74) is 2.62. The number of aryl methyl sites for hydroxylation is 1. The van der Waals surface area contributed by atoms with Crippen molar-refractivity contribution in [2.24, 2.45) is 0 Å². The van der Waals surface area contributed by atoms with Crippen molar-refractivity contribution in [3.05, 3.63) is 65.5 Å². The van der Waals surface area contributed by atoms with E-state index < -0.39 is 0 Å². The highest BCUT2D eigenvalue weighted by Crippen LogP contribution is 2.32. The molecule has 0 spiro atoms. The first-order chi connectivity index (χ1) is 8.34. The van der Waals surface area contributed by atoms with Crippen LogP contribution < -0.4 is 0 Å². The van der Waals surface area contributed by atoms with E-state index in [2.05, 4.69) is 67.6 Å². The molecule has 0 aliphatic rings. The van der Waals surface area contributed by atoms with Crippen molar-refractivity contribution < 1.29 is 0 Å². The van der Waals surface area contributed by atoms with Crippen LogP contribution >= 0.6 is 11.3 Å². The van der Waals surface area contributed by atoms with Gasteiger partial charge in [-0.1, -0.05) is 42.5 Å². The summed E-state index contributed by atoms with van der Waals surface area (Å²) in [5.74, 6) is 0. The van der Waals surface area contributed by atoms with Crippen LogP contribution in [-0.4, -0.2) is 0 Å². The van der Waals surface area contributed by atoms with Crippen LogP contribution in [-0.2, 0) is 0 Å². The maximum Gasteiger partial charge on any atom is 0.238 e. The second-order valence-electron chi connectivity index (χ2n) is 4.13. The van der Waals surface area contributed by atoms with Crippen molar-refractivity contribution in [2.75, 3.05) is 0 Å². The lowest BCUT2D eigenvalue weighted by Crippen LogP contribution is -1.81. The SMILES string of the molecule is Cc1cc(-c2ccccc2)c2ccccc2[s+]1. The first-order valence-electron chi connectivity index (χ1n) is 5.72. The van der Waals surface area contributed by atoms with E-state index in [1.54, 1.807) is 0 Å². The van der Waals surface area contributed by atoms with Gasteiger partial charge in [0, 0.05) is 24.4 Å². The Morgan fingerprint density at radius 1 is 0.824 bits per heavy atom. The van der Waals surface area contributed by atoms with Gasteiger partial charge in [-0.05, 0) is 17.2 Å². The zero-order chi connectivity index (χ0) is 11.7. The summed E-state index contributed by atoms with van der Waals surface area (Å²) in [6, 6.07) is 21.5. The Kier molecular flexibility index (Phi) is 2.62. The van der Waals surface area contributed by atoms with Gasteiger partial charge >= 0.3 is 0 Å². The molecule has 0 unspecified atom stereocenters. The van der Waals surface area contributed by atoms with Crippen molar-refractivity contribution >= 4 is 21.4 Å². The van der Waals surface area contributed by atoms with Gasteiger partial charge < -0.3 is 0 Å². The zero-order valence-electron chi connectivity index (χ0n) is 9.68. The van der Waals surface area contributed by atoms with E-state index in [0.29, 0.717) is 0 Å². The molecular weight excluding hydrogens is 224 g/mol. The van der Waals surface area contributed by atoms with Gasteiger partial charge in [-0.15, -0.1) is 0 Å². The third-order valence-electron chi connectivity index (χ3n) is 2.88. The Hall–Kier alpha value is -1.73. The molecular formula is C16H13S+. The second kappa shape index (κ2) is 4.27. The molecule has 17 heavy (non-hydrogen) atoms. The fraction of sp³-hybridized carbons (Fsp3) is 0.0625. The Bertz CT molecular complexity index is 657. The fourth-order valence-electron chi connectivity index (χ4n) is 2.12. The van der Waals surface area contributed by atoms with Gasteiger partial charge in [0.2, 0.25) is 20.9 Å². The molecule has 0 atom stereocenters. The maximum absolute atomic E-state index is 2.28. The van der Waals surface area contributed by atoms with E-state index in [9.17, 15) is 0 Å². The summed E-state index contributed by atoms with van der Waals surface area (Å²) in [5, 5.41) is 1.34. The molecule has 0 aliphatic heterocycles. The minimum absolute atomic E-state index is 1.29. The highest BCUT2D eigenvalue weighted by Gasteiger charge is 2.13. The van der Waals surface area contributed by atoms with E-state index in [1.807, 2.05) is 11.3 Å². The van der Waals surface area contributed by atoms with Crippen LogP contribution in [0.2, 0.25) is 0 Å². The van der Waals surface area contributed by atoms with E-state index in [0.717, 1.165) is 0 Å². The average molecular weight is 237 g/mol. The molecule has 1 heterocycles. The smallest absolute Gasteiger partial charge is 0.0622 e. The van der Waals surface area contributed by atoms with Crippen LogP contribution in [0.1, 0.15) is 4.88 Å². The molecule has 0 saturated carbocycles. The summed E-state index contributed by atoms with van der Waals surface area (Å²) in [4.78, 5) is 1.35. The van der Waals surface area contributed by atoms with Gasteiger partial charge in [-0.25, -0.2) is 0 Å². The van der Waals surface area contributed by atoms with Gasteiger partial charge in [-0.2, -0.15) is 0 Å². The molecule has 0 nitrogen and oxygen atoms in total. The monoisotopic (exact) mass is 237 g/mol. The van der Waals surface area contributed by atoms with Crippen molar-refractivity contribution in [3.63, 3.8) is 0 Å². The van der Waals surface area contributed by atoms with Gasteiger partial charge in [-0.3, -0.25) is 0 Å². The minimum Gasteiger partial charge on any atom is -0.0622 e. The quantitative estimate of drug-likeness (QED) is 0.513. The molecule has 0 radical (unpaired) electrons. The van der Waals surface area contributed by atoms with Crippen LogP contribution in [0.4, 0.5) is 0 Å². The minimum atomic E-state index is 1.29. The Morgan fingerprint density at radius 3 is 2.35 bits per heavy atom. The van der Waals surface area contributed by atoms with Crippen molar-refractivity contribution in [3.8, 4) is 11.1 Å². The molecule has 0 aliphatic carbocycles. The lowest BCUT2D eigenvalue weighted by molar-refractivity contribution is 1.59. The predicted molar refractivity (Wildman–Crippen MR) is 76.4 cm³/mol. The molecule has 1 heteroatoms. The highest BCUT2D eigenvalue weighted by atomic mass is 32.1. The lowest BCUT2D eigenvalue weighted by atomic mass is 10.0. The molecule has 3 aromatic rings. The first kappa shape index (κ1) is 10.4. The van der Waals surface area contributed by atoms with Gasteiger partial charge in [0.25, 0.3) is 0 Å². The summed E-state index contributed by atoms with van der Waals surface area (Å²) in [6.45, 7) is 2.17. The molecule has 0 fully saturated rings. The average Bonchev–Trinajstić information content (AvgIpc) is 2.39. The van der Waals surface area contributed by atoms with E-state index in [1.165, 1.54) is 26.1 Å². The molecule has 0 saturated heterocycles. The summed E-state index contributed by atoms with van der Waals surface area (Å²) >= 11 is 1.85. The normalized spacial score (nSPS) is 10.6. The summed E-state index contributed by atoms with van der Waals surface area (Å²) in [6.07, 6.45) is 0. The van der Waals surface area contributed by atoms with Gasteiger partial charge in [0.15, 0.2) is 0 Å². The number of hydrogen-bond donors (Lipinski definition) is 0. The molecule has 0 bridgehead atoms. The third-order valence-corrected chi connectivity index (χ3v) is 3.90. The molecule has 1 aromatic heterocycles. The Balaban J connectivity index is 2.36. The van der Waals surface area contributed by atoms with Crippen LogP contribution in [0.3, 0.4) is 0 Å². The van der Waals surface area contributed by atoms with Crippen LogP contribution in [0, 0.1) is 6.92 Å². The maximum atomic E-state index is 2.28. The fourth-order valence-corrected chi connectivity index (χ4v) is 3.08. The van der Waals surface area contributed by atoms with Crippen LogP contribution in [0.5, 0.6) is 0 Å².